The molecule has 43 heavy (non-hydrogen) atoms. The van der Waals surface area contributed by atoms with Crippen molar-refractivity contribution in [3.8, 4) is 11.3 Å². The molecule has 5 aromatic rings. The number of benzene rings is 3. The first-order valence-electron chi connectivity index (χ1n) is 15.2. The number of thioether (sulfide) groups is 1. The molecule has 0 bridgehead atoms. The zero-order valence-electron chi connectivity index (χ0n) is 24.0. The van der Waals surface area contributed by atoms with Crippen LogP contribution in [0, 0.1) is 5.92 Å². The van der Waals surface area contributed by atoms with Gasteiger partial charge in [-0.25, -0.2) is 0 Å². The van der Waals surface area contributed by atoms with Crippen molar-refractivity contribution in [3.63, 3.8) is 0 Å². The van der Waals surface area contributed by atoms with E-state index in [1.165, 1.54) is 0 Å². The van der Waals surface area contributed by atoms with E-state index in [2.05, 4.69) is 40.2 Å². The molecular weight excluding hydrogens is 558 g/mol. The largest absolute Gasteiger partial charge is 0.464 e. The van der Waals surface area contributed by atoms with E-state index >= 15 is 0 Å². The summed E-state index contributed by atoms with van der Waals surface area (Å²) in [4.78, 5) is 29.3. The molecule has 4 heterocycles. The molecule has 8 heteroatoms. The monoisotopic (exact) mass is 593 g/mol. The second-order valence-electron chi connectivity index (χ2n) is 11.6. The van der Waals surface area contributed by atoms with E-state index in [4.69, 9.17) is 9.72 Å². The molecule has 2 fully saturated rings. The average molecular weight is 594 g/mol. The maximum absolute atomic E-state index is 12.7. The van der Waals surface area contributed by atoms with Crippen LogP contribution in [0.3, 0.4) is 0 Å². The molecule has 7 rings (SSSR count). The Labute approximate surface area is 254 Å². The summed E-state index contributed by atoms with van der Waals surface area (Å²) in [7, 11) is 0. The maximum Gasteiger partial charge on any atom is 0.305 e. The fraction of sp³-hybridized carbons (Fsp3) is 0.343. The number of ether oxygens (including phenoxy) is 1. The Morgan fingerprint density at radius 1 is 1.05 bits per heavy atom. The highest BCUT2D eigenvalue weighted by Gasteiger charge is 2.42. The summed E-state index contributed by atoms with van der Waals surface area (Å²) >= 11 is 1.96. The van der Waals surface area contributed by atoms with Gasteiger partial charge < -0.3 is 19.7 Å². The van der Waals surface area contributed by atoms with Crippen LogP contribution in [0.15, 0.2) is 72.9 Å². The third-order valence-corrected chi connectivity index (χ3v) is 10.6. The van der Waals surface area contributed by atoms with Crippen molar-refractivity contribution in [2.24, 2.45) is 5.92 Å². The lowest BCUT2D eigenvalue weighted by atomic mass is 9.94. The lowest BCUT2D eigenvalue weighted by Crippen LogP contribution is -2.29. The third-order valence-electron chi connectivity index (χ3n) is 9.01. The van der Waals surface area contributed by atoms with Crippen molar-refractivity contribution < 1.29 is 19.4 Å². The lowest BCUT2D eigenvalue weighted by Gasteiger charge is -2.15. The van der Waals surface area contributed by atoms with Crippen LogP contribution in [0.1, 0.15) is 37.7 Å². The molecule has 1 amide bonds. The van der Waals surface area contributed by atoms with Gasteiger partial charge in [-0.05, 0) is 47.4 Å². The van der Waals surface area contributed by atoms with Crippen LogP contribution in [-0.2, 0) is 27.5 Å². The van der Waals surface area contributed by atoms with E-state index in [-0.39, 0.29) is 25.1 Å². The normalized spacial score (nSPS) is 19.7. The second kappa shape index (κ2) is 12.0. The zero-order valence-corrected chi connectivity index (χ0v) is 24.8. The van der Waals surface area contributed by atoms with Crippen molar-refractivity contribution in [1.29, 1.82) is 0 Å². The quantitative estimate of drug-likeness (QED) is 0.147. The highest BCUT2D eigenvalue weighted by atomic mass is 32.2. The van der Waals surface area contributed by atoms with Gasteiger partial charge in [0.2, 0.25) is 5.91 Å². The SMILES string of the molecule is O=C1C[C@H]2C(CCCCC(=O)OCCn3c4ccc(CO)cc4c4ccnc(-c5cccc6ccccc56)c43)SC[C@H]2N1. The van der Waals surface area contributed by atoms with Crippen molar-refractivity contribution in [1.82, 2.24) is 14.9 Å². The summed E-state index contributed by atoms with van der Waals surface area (Å²) in [6.07, 6.45) is 5.69. The van der Waals surface area contributed by atoms with Gasteiger partial charge >= 0.3 is 5.97 Å². The maximum atomic E-state index is 12.7. The van der Waals surface area contributed by atoms with Gasteiger partial charge in [0.25, 0.3) is 0 Å². The molecule has 220 valence electrons. The summed E-state index contributed by atoms with van der Waals surface area (Å²) in [5.41, 5.74) is 4.80. The minimum Gasteiger partial charge on any atom is -0.464 e. The standard InChI is InChI=1S/C35H35N3O4S/c39-20-22-12-13-30-27(18-22)26-14-15-36-34(25-9-5-7-23-6-1-2-8-24(23)25)35(26)38(30)16-17-42-33(41)11-4-3-10-31-28-19-32(40)37-29(28)21-43-31/h1-2,5-9,12-15,18,28-29,31,39H,3-4,10-11,16-17,19-21H2,(H,37,40)/t28-,29-,31?/m1/s1. The topological polar surface area (TPSA) is 93.5 Å². The number of carbonyl (C=O) groups excluding carboxylic acids is 2. The predicted molar refractivity (Wildman–Crippen MR) is 172 cm³/mol. The summed E-state index contributed by atoms with van der Waals surface area (Å²) in [6.45, 7) is 0.729. The van der Waals surface area contributed by atoms with E-state index in [0.717, 1.165) is 74.4 Å². The van der Waals surface area contributed by atoms with Crippen LogP contribution >= 0.6 is 11.8 Å². The Bertz CT molecular complexity index is 1830. The van der Waals surface area contributed by atoms with Crippen LogP contribution in [0.25, 0.3) is 43.8 Å². The summed E-state index contributed by atoms with van der Waals surface area (Å²) in [6, 6.07) is 23.0. The van der Waals surface area contributed by atoms with Gasteiger partial charge in [0.05, 0.1) is 24.4 Å². The Hall–Kier alpha value is -3.88. The number of nitrogens with one attached hydrogen (secondary N) is 1. The number of aromatic nitrogens is 2. The molecule has 7 nitrogen and oxygen atoms in total. The number of unbranched alkanes of at least 4 members (excludes halogenated alkanes) is 1. The highest BCUT2D eigenvalue weighted by molar-refractivity contribution is 8.00. The Morgan fingerprint density at radius 2 is 1.93 bits per heavy atom. The average Bonchev–Trinajstić information content (AvgIpc) is 3.69. The van der Waals surface area contributed by atoms with Gasteiger partial charge in [-0.2, -0.15) is 11.8 Å². The number of aliphatic hydroxyl groups excluding tert-OH is 1. The number of fused-ring (bicyclic) bond motifs is 5. The van der Waals surface area contributed by atoms with Gasteiger partial charge in [0.1, 0.15) is 6.61 Å². The van der Waals surface area contributed by atoms with Crippen LogP contribution in [-0.4, -0.2) is 50.2 Å². The number of esters is 1. The van der Waals surface area contributed by atoms with E-state index < -0.39 is 0 Å². The molecule has 0 aliphatic carbocycles. The van der Waals surface area contributed by atoms with Crippen LogP contribution in [0.2, 0.25) is 0 Å². The van der Waals surface area contributed by atoms with Crippen LogP contribution in [0.4, 0.5) is 0 Å². The number of hydrogen-bond acceptors (Lipinski definition) is 6. The number of pyridine rings is 1. The molecule has 3 atom stereocenters. The molecule has 3 aromatic carbocycles. The van der Waals surface area contributed by atoms with Crippen molar-refractivity contribution >= 4 is 56.2 Å². The molecule has 2 aromatic heterocycles. The molecular formula is C35H35N3O4S. The summed E-state index contributed by atoms with van der Waals surface area (Å²) < 4.78 is 7.95. The Kier molecular flexibility index (Phi) is 7.80. The van der Waals surface area contributed by atoms with Gasteiger partial charge in [0, 0.05) is 63.9 Å². The van der Waals surface area contributed by atoms with Gasteiger partial charge in [-0.1, -0.05) is 55.0 Å². The summed E-state index contributed by atoms with van der Waals surface area (Å²) in [5, 5.41) is 17.8. The van der Waals surface area contributed by atoms with E-state index in [1.807, 2.05) is 54.4 Å². The van der Waals surface area contributed by atoms with Crippen LogP contribution < -0.4 is 5.32 Å². The van der Waals surface area contributed by atoms with Gasteiger partial charge in [-0.3, -0.25) is 14.6 Å². The van der Waals surface area contributed by atoms with E-state index in [9.17, 15) is 14.7 Å². The Morgan fingerprint density at radius 3 is 2.84 bits per heavy atom. The Balaban J connectivity index is 1.08. The first kappa shape index (κ1) is 27.9. The van der Waals surface area contributed by atoms with Gasteiger partial charge in [-0.15, -0.1) is 0 Å². The molecule has 0 spiro atoms. The van der Waals surface area contributed by atoms with Gasteiger partial charge in [0.15, 0.2) is 0 Å². The van der Waals surface area contributed by atoms with E-state index in [0.29, 0.717) is 36.6 Å². The molecule has 2 N–H and O–H groups in total. The summed E-state index contributed by atoms with van der Waals surface area (Å²) in [5.74, 6) is 1.45. The van der Waals surface area contributed by atoms with Crippen molar-refractivity contribution in [3.05, 3.63) is 78.5 Å². The number of amides is 1. The first-order valence-corrected chi connectivity index (χ1v) is 16.2. The fourth-order valence-electron chi connectivity index (χ4n) is 6.93. The van der Waals surface area contributed by atoms with E-state index in [1.54, 1.807) is 0 Å². The third kappa shape index (κ3) is 5.38. The zero-order chi connectivity index (χ0) is 29.3. The molecule has 2 aliphatic rings. The number of carbonyl (C=O) groups is 2. The van der Waals surface area contributed by atoms with Crippen molar-refractivity contribution in [2.75, 3.05) is 12.4 Å². The molecule has 2 aliphatic heterocycles. The number of nitrogens with zero attached hydrogens (tertiary/aromatic N) is 2. The minimum absolute atomic E-state index is 0.0306. The predicted octanol–water partition coefficient (Wildman–Crippen LogP) is 6.23. The highest BCUT2D eigenvalue weighted by Crippen LogP contribution is 2.41. The smallest absolute Gasteiger partial charge is 0.305 e. The number of hydrogen-bond donors (Lipinski definition) is 2. The molecule has 1 unspecified atom stereocenters. The molecule has 0 radical (unpaired) electrons. The number of rotatable bonds is 10. The second-order valence-corrected chi connectivity index (χ2v) is 12.9. The first-order chi connectivity index (χ1) is 21.1. The minimum atomic E-state index is -0.176. The van der Waals surface area contributed by atoms with Crippen molar-refractivity contribution in [2.45, 2.75) is 56.5 Å². The van der Waals surface area contributed by atoms with Crippen LogP contribution in [0.5, 0.6) is 0 Å². The fourth-order valence-corrected chi connectivity index (χ4v) is 8.58. The molecule has 2 saturated heterocycles. The molecule has 0 saturated carbocycles. The number of aliphatic hydroxyl groups is 1. The lowest BCUT2D eigenvalue weighted by molar-refractivity contribution is -0.144.